The Hall–Kier alpha value is -14.8. The quantitative estimate of drug-likeness (QED) is 0.123. The van der Waals surface area contributed by atoms with E-state index in [1.165, 1.54) is 222 Å². The number of para-hydroxylation sites is 1. The van der Waals surface area contributed by atoms with E-state index in [0.717, 1.165) is 50.4 Å². The average molecular weight is 1420 g/mol. The van der Waals surface area contributed by atoms with Crippen molar-refractivity contribution in [3.63, 3.8) is 0 Å². The van der Waals surface area contributed by atoms with E-state index in [-0.39, 0.29) is 0 Å². The van der Waals surface area contributed by atoms with Crippen LogP contribution in [-0.4, -0.2) is 9.13 Å². The zero-order chi connectivity index (χ0) is 73.0. The summed E-state index contributed by atoms with van der Waals surface area (Å²) in [5.74, 6) is 0. The summed E-state index contributed by atoms with van der Waals surface area (Å²) in [5.41, 5.74) is 33.7. The number of hydrogen-bond donors (Lipinski definition) is 2. The van der Waals surface area contributed by atoms with Crippen molar-refractivity contribution < 1.29 is 0 Å². The van der Waals surface area contributed by atoms with Gasteiger partial charge in [-0.05, 0) is 291 Å². The summed E-state index contributed by atoms with van der Waals surface area (Å²) in [6.07, 6.45) is 0. The molecule has 0 amide bonds. The van der Waals surface area contributed by atoms with Crippen LogP contribution in [0.5, 0.6) is 0 Å². The number of anilines is 2. The highest BCUT2D eigenvalue weighted by atomic mass is 15.0. The summed E-state index contributed by atoms with van der Waals surface area (Å²) in [6.45, 7) is 0. The first kappa shape index (κ1) is 60.2. The predicted molar refractivity (Wildman–Crippen MR) is 481 cm³/mol. The van der Waals surface area contributed by atoms with E-state index in [9.17, 15) is 0 Å². The maximum Gasteiger partial charge on any atom is 0.0561 e. The third-order valence-electron chi connectivity index (χ3n) is 25.6. The first-order valence-electron chi connectivity index (χ1n) is 38.9. The van der Waals surface area contributed by atoms with Gasteiger partial charge in [0.1, 0.15) is 0 Å². The predicted octanol–water partition coefficient (Wildman–Crippen LogP) is 29.3. The zero-order valence-corrected chi connectivity index (χ0v) is 60.5. The monoisotopic (exact) mass is 1410 g/mol. The van der Waals surface area contributed by atoms with Gasteiger partial charge in [-0.15, -0.1) is 0 Å². The van der Waals surface area contributed by atoms with Crippen LogP contribution < -0.4 is 11.5 Å². The molecule has 4 heteroatoms. The van der Waals surface area contributed by atoms with Crippen LogP contribution in [0.2, 0.25) is 0 Å². The first-order chi connectivity index (χ1) is 55.5. The highest BCUT2D eigenvalue weighted by Gasteiger charge is 2.32. The lowest BCUT2D eigenvalue weighted by atomic mass is 9.84. The van der Waals surface area contributed by atoms with Crippen LogP contribution in [0.25, 0.3) is 261 Å². The lowest BCUT2D eigenvalue weighted by molar-refractivity contribution is 1.18. The maximum absolute atomic E-state index is 6.73. The van der Waals surface area contributed by atoms with Gasteiger partial charge in [-0.2, -0.15) is 0 Å². The molecule has 24 aromatic carbocycles. The molecule has 0 saturated heterocycles. The molecule has 514 valence electrons. The third kappa shape index (κ3) is 7.74. The van der Waals surface area contributed by atoms with E-state index < -0.39 is 0 Å². The smallest absolute Gasteiger partial charge is 0.0561 e. The Balaban J connectivity index is 0.780. The largest absolute Gasteiger partial charge is 0.399 e. The normalized spacial score (nSPS) is 12.5. The van der Waals surface area contributed by atoms with E-state index in [1.807, 2.05) is 12.1 Å². The molecule has 0 aliphatic rings. The minimum atomic E-state index is 0.728. The summed E-state index contributed by atoms with van der Waals surface area (Å²) < 4.78 is 4.94. The molecule has 4 nitrogen and oxygen atoms in total. The van der Waals surface area contributed by atoms with Crippen LogP contribution in [0.1, 0.15) is 0 Å². The summed E-state index contributed by atoms with van der Waals surface area (Å²) in [4.78, 5) is 0. The number of nitrogens with zero attached hydrogens (tertiary/aromatic N) is 2. The average Bonchev–Trinajstić information content (AvgIpc) is 1.47. The van der Waals surface area contributed by atoms with Crippen molar-refractivity contribution >= 4 is 206 Å². The number of nitrogen functional groups attached to an aromatic ring is 2. The second-order valence-electron chi connectivity index (χ2n) is 31.1. The lowest BCUT2D eigenvalue weighted by Gasteiger charge is -2.19. The van der Waals surface area contributed by atoms with Gasteiger partial charge in [0.15, 0.2) is 0 Å². The fraction of sp³-hybridized carbons (Fsp3) is 0. The van der Waals surface area contributed by atoms with Crippen molar-refractivity contribution in [3.8, 4) is 67.0 Å². The molecule has 0 unspecified atom stereocenters. The Bertz CT molecular complexity index is 8580. The van der Waals surface area contributed by atoms with Crippen molar-refractivity contribution in [1.82, 2.24) is 9.13 Å². The molecule has 0 radical (unpaired) electrons. The van der Waals surface area contributed by atoms with Crippen molar-refractivity contribution in [3.05, 3.63) is 352 Å². The van der Waals surface area contributed by atoms with E-state index in [4.69, 9.17) is 11.5 Å². The van der Waals surface area contributed by atoms with Gasteiger partial charge < -0.3 is 20.6 Å². The molecule has 2 aromatic heterocycles. The Labute approximate surface area is 641 Å². The Morgan fingerprint density at radius 2 is 0.518 bits per heavy atom. The molecule has 112 heavy (non-hydrogen) atoms. The van der Waals surface area contributed by atoms with Crippen molar-refractivity contribution in [1.29, 1.82) is 0 Å². The maximum atomic E-state index is 6.73. The minimum absolute atomic E-state index is 0.728. The molecule has 0 bridgehead atoms. The highest BCUT2D eigenvalue weighted by molar-refractivity contribution is 6.50. The lowest BCUT2D eigenvalue weighted by Crippen LogP contribution is -1.95. The van der Waals surface area contributed by atoms with E-state index in [0.29, 0.717) is 0 Å². The van der Waals surface area contributed by atoms with Gasteiger partial charge in [0.05, 0.1) is 22.1 Å². The molecule has 0 aliphatic heterocycles. The Morgan fingerprint density at radius 1 is 0.152 bits per heavy atom. The van der Waals surface area contributed by atoms with Gasteiger partial charge in [-0.1, -0.05) is 267 Å². The molecule has 0 saturated carbocycles. The summed E-state index contributed by atoms with van der Waals surface area (Å²) in [6, 6.07) is 133. The molecule has 26 aromatic rings. The molecule has 26 rings (SSSR count). The van der Waals surface area contributed by atoms with Crippen LogP contribution in [0.4, 0.5) is 11.4 Å². The number of hydrogen-bond acceptors (Lipinski definition) is 2. The van der Waals surface area contributed by atoms with Crippen molar-refractivity contribution in [2.24, 2.45) is 0 Å². The Morgan fingerprint density at radius 3 is 1.05 bits per heavy atom. The second-order valence-corrected chi connectivity index (χ2v) is 31.1. The number of benzene rings is 20. The van der Waals surface area contributed by atoms with Crippen LogP contribution in [-0.2, 0) is 0 Å². The highest BCUT2D eigenvalue weighted by Crippen LogP contribution is 2.60. The topological polar surface area (TPSA) is 61.9 Å². The standard InChI is InChI=1S/C108H62N4/c109-64-46-49-67(50-47-64)111-88-52-45-63(53-83(88)102-76-40-22-44-80-100(76)87(58-91(102)111)108-94(61-27-10-3-11-28-61)103-77-41-19-36-71-69-33-16-17-34-70(69)81(97(71)77)55-84(103)92(106(80)108)59-23-6-1-7-24-59)68-35-18-37-72-82-56-85-93(60-25-8-2-9-26-60)105-79-43-21-39-75-99(79)86(57-90-101(75)73-51-48-65(110)54-89(73)112(90)66-31-14-5-15-32-66)107(105)95(62-29-12-4-13-30-62)104(85)78-42-20-38-74(96(68)72)98(78)82/h1-58H,109-110H2. The molecule has 0 atom stereocenters. The van der Waals surface area contributed by atoms with Crippen molar-refractivity contribution in [2.75, 3.05) is 11.5 Å². The molecule has 0 spiro atoms. The first-order valence-corrected chi connectivity index (χ1v) is 38.9. The van der Waals surface area contributed by atoms with Gasteiger partial charge in [0.25, 0.3) is 0 Å². The second kappa shape index (κ2) is 22.0. The number of nitrogens with two attached hydrogens (primary N) is 2. The Kier molecular flexibility index (Phi) is 11.8. The number of fused-ring (bicyclic) bond motifs is 24. The molecule has 4 N–H and O–H groups in total. The SMILES string of the molecule is Nc1ccc(-n2c3ccc(-c4cccc5c6cc7c(-c8ccccc8)c8c9cccc%10c9c(cc9c%10c%10ccc(N)cc%10n9-c9ccccc9)c8c(-c8ccccc8)c7c7cccc(c45)c67)cc3c3c4cccc5c6c(-c7ccccc7)c7cc8c9ccccc9c9cccc(c7c(-c7ccccc7)c6c(cc32)c54)c98)cc1. The zero-order valence-electron chi connectivity index (χ0n) is 60.5. The van der Waals surface area contributed by atoms with Gasteiger partial charge in [-0.3, -0.25) is 0 Å². The van der Waals surface area contributed by atoms with Crippen LogP contribution in [0.15, 0.2) is 352 Å². The van der Waals surface area contributed by atoms with Gasteiger partial charge in [-0.25, -0.2) is 0 Å². The summed E-state index contributed by atoms with van der Waals surface area (Å²) >= 11 is 0. The van der Waals surface area contributed by atoms with Crippen molar-refractivity contribution in [2.45, 2.75) is 0 Å². The fourth-order valence-corrected chi connectivity index (χ4v) is 21.4. The van der Waals surface area contributed by atoms with Crippen LogP contribution in [0.3, 0.4) is 0 Å². The van der Waals surface area contributed by atoms with Gasteiger partial charge in [0, 0.05) is 44.3 Å². The third-order valence-corrected chi connectivity index (χ3v) is 25.6. The van der Waals surface area contributed by atoms with E-state index >= 15 is 0 Å². The fourth-order valence-electron chi connectivity index (χ4n) is 21.4. The van der Waals surface area contributed by atoms with E-state index in [1.54, 1.807) is 0 Å². The molecule has 0 aliphatic carbocycles. The van der Waals surface area contributed by atoms with Crippen LogP contribution >= 0.6 is 0 Å². The molecular weight excluding hydrogens is 1350 g/mol. The van der Waals surface area contributed by atoms with Gasteiger partial charge >= 0.3 is 0 Å². The molecule has 0 fully saturated rings. The summed E-state index contributed by atoms with van der Waals surface area (Å²) in [7, 11) is 0. The van der Waals surface area contributed by atoms with E-state index in [2.05, 4.69) is 349 Å². The van der Waals surface area contributed by atoms with Gasteiger partial charge in [0.2, 0.25) is 0 Å². The number of rotatable bonds is 7. The number of aromatic nitrogens is 2. The van der Waals surface area contributed by atoms with Crippen LogP contribution in [0, 0.1) is 0 Å². The molecular formula is C108H62N4. The minimum Gasteiger partial charge on any atom is -0.399 e. The molecule has 2 heterocycles. The summed E-state index contributed by atoms with van der Waals surface area (Å²) in [5, 5.41) is 40.2.